The van der Waals surface area contributed by atoms with Crippen molar-refractivity contribution in [3.05, 3.63) is 90.3 Å². The van der Waals surface area contributed by atoms with Gasteiger partial charge >= 0.3 is 0 Å². The number of aromatic nitrogens is 3. The third-order valence-electron chi connectivity index (χ3n) is 5.87. The number of amides is 1. The van der Waals surface area contributed by atoms with Gasteiger partial charge in [-0.25, -0.2) is 19.3 Å². The lowest BCUT2D eigenvalue weighted by atomic mass is 9.87. The first-order valence-corrected chi connectivity index (χ1v) is 10.9. The Balaban J connectivity index is 1.39. The largest absolute Gasteiger partial charge is 0.384 e. The fourth-order valence-corrected chi connectivity index (χ4v) is 4.02. The quantitative estimate of drug-likeness (QED) is 0.375. The summed E-state index contributed by atoms with van der Waals surface area (Å²) in [5.41, 5.74) is 4.73. The Morgan fingerprint density at radius 1 is 1.06 bits per heavy atom. The van der Waals surface area contributed by atoms with E-state index in [0.29, 0.717) is 28.3 Å². The number of carbonyl (C=O) groups excluding carboxylic acids is 1. The first kappa shape index (κ1) is 21.5. The lowest BCUT2D eigenvalue weighted by molar-refractivity contribution is 0.102. The first-order valence-electron chi connectivity index (χ1n) is 10.9. The highest BCUT2D eigenvalue weighted by Gasteiger charge is 2.29. The molecule has 3 heterocycles. The lowest BCUT2D eigenvalue weighted by Gasteiger charge is -2.17. The molecule has 0 spiro atoms. The number of benzene rings is 2. The molecule has 0 unspecified atom stereocenters. The number of hydrogen-bond acceptors (Lipinski definition) is 6. The number of pyridine rings is 1. The topological polar surface area (TPSA) is 91.8 Å². The van der Waals surface area contributed by atoms with Gasteiger partial charge in [-0.15, -0.1) is 0 Å². The van der Waals surface area contributed by atoms with E-state index in [4.69, 9.17) is 0 Å². The van der Waals surface area contributed by atoms with Gasteiger partial charge in [0.25, 0.3) is 5.91 Å². The van der Waals surface area contributed by atoms with Crippen LogP contribution < -0.4 is 16.0 Å². The van der Waals surface area contributed by atoms with Crippen molar-refractivity contribution in [1.82, 2.24) is 15.0 Å². The van der Waals surface area contributed by atoms with Crippen LogP contribution in [-0.4, -0.2) is 27.4 Å². The number of nitrogens with one attached hydrogen (secondary N) is 3. The zero-order valence-corrected chi connectivity index (χ0v) is 18.8. The van der Waals surface area contributed by atoms with Crippen molar-refractivity contribution in [2.24, 2.45) is 0 Å². The second-order valence-electron chi connectivity index (χ2n) is 8.77. The highest BCUT2D eigenvalue weighted by atomic mass is 19.1. The van der Waals surface area contributed by atoms with Crippen molar-refractivity contribution in [3.8, 4) is 11.3 Å². The van der Waals surface area contributed by atoms with E-state index < -0.39 is 5.82 Å². The van der Waals surface area contributed by atoms with Crippen molar-refractivity contribution in [1.29, 1.82) is 0 Å². The minimum atomic E-state index is -0.500. The van der Waals surface area contributed by atoms with Crippen molar-refractivity contribution in [2.75, 3.05) is 22.5 Å². The molecule has 1 aliphatic rings. The van der Waals surface area contributed by atoms with Gasteiger partial charge in [0, 0.05) is 46.9 Å². The van der Waals surface area contributed by atoms with Crippen LogP contribution in [0.4, 0.5) is 27.3 Å². The summed E-state index contributed by atoms with van der Waals surface area (Å²) in [4.78, 5) is 25.4. The number of nitrogens with zero attached hydrogens (tertiary/aromatic N) is 3. The highest BCUT2D eigenvalue weighted by Crippen LogP contribution is 2.37. The molecule has 170 valence electrons. The van der Waals surface area contributed by atoms with Crippen LogP contribution in [0.2, 0.25) is 0 Å². The van der Waals surface area contributed by atoms with Crippen LogP contribution in [0.15, 0.2) is 73.3 Å². The molecular weight excluding hydrogens is 431 g/mol. The molecule has 2 aromatic carbocycles. The third kappa shape index (κ3) is 4.17. The van der Waals surface area contributed by atoms with Gasteiger partial charge in [-0.3, -0.25) is 4.79 Å². The zero-order valence-electron chi connectivity index (χ0n) is 18.8. The summed E-state index contributed by atoms with van der Waals surface area (Å²) in [6.45, 7) is 5.20. The SMILES string of the molecule is CC1(C)CNc2cc(NC(=O)c3ccc(F)c(Nc4ncccc4-c4ccncn4)c3)ccc21. The van der Waals surface area contributed by atoms with Gasteiger partial charge in [0.05, 0.1) is 11.4 Å². The van der Waals surface area contributed by atoms with Gasteiger partial charge in [-0.1, -0.05) is 19.9 Å². The van der Waals surface area contributed by atoms with E-state index in [0.717, 1.165) is 12.2 Å². The van der Waals surface area contributed by atoms with Gasteiger partial charge in [0.1, 0.15) is 18.0 Å². The maximum Gasteiger partial charge on any atom is 0.255 e. The summed E-state index contributed by atoms with van der Waals surface area (Å²) >= 11 is 0. The minimum absolute atomic E-state index is 0.0471. The molecule has 3 N–H and O–H groups in total. The molecule has 2 aromatic heterocycles. The fourth-order valence-electron chi connectivity index (χ4n) is 4.02. The predicted molar refractivity (Wildman–Crippen MR) is 131 cm³/mol. The van der Waals surface area contributed by atoms with Crippen molar-refractivity contribution >= 4 is 28.8 Å². The number of halogens is 1. The molecular formula is C26H23FN6O. The van der Waals surface area contributed by atoms with Crippen molar-refractivity contribution < 1.29 is 9.18 Å². The van der Waals surface area contributed by atoms with E-state index in [2.05, 4.69) is 44.7 Å². The van der Waals surface area contributed by atoms with E-state index in [1.807, 2.05) is 24.3 Å². The van der Waals surface area contributed by atoms with Crippen LogP contribution >= 0.6 is 0 Å². The molecule has 0 saturated heterocycles. The first-order chi connectivity index (χ1) is 16.4. The summed E-state index contributed by atoms with van der Waals surface area (Å²) in [7, 11) is 0. The summed E-state index contributed by atoms with van der Waals surface area (Å²) in [5.74, 6) is -0.415. The Kier molecular flexibility index (Phi) is 5.41. The summed E-state index contributed by atoms with van der Waals surface area (Å²) in [6.07, 6.45) is 4.66. The molecule has 34 heavy (non-hydrogen) atoms. The van der Waals surface area contributed by atoms with Crippen LogP contribution in [0.5, 0.6) is 0 Å². The molecule has 1 amide bonds. The number of fused-ring (bicyclic) bond motifs is 1. The molecule has 4 aromatic rings. The Hall–Kier alpha value is -4.33. The van der Waals surface area contributed by atoms with E-state index >= 15 is 0 Å². The molecule has 7 nitrogen and oxygen atoms in total. The van der Waals surface area contributed by atoms with Crippen molar-refractivity contribution in [3.63, 3.8) is 0 Å². The van der Waals surface area contributed by atoms with Crippen LogP contribution in [0.25, 0.3) is 11.3 Å². The van der Waals surface area contributed by atoms with E-state index in [1.54, 1.807) is 24.5 Å². The smallest absolute Gasteiger partial charge is 0.255 e. The molecule has 0 radical (unpaired) electrons. The van der Waals surface area contributed by atoms with Crippen LogP contribution in [0, 0.1) is 5.82 Å². The third-order valence-corrected chi connectivity index (χ3v) is 5.87. The van der Waals surface area contributed by atoms with Gasteiger partial charge < -0.3 is 16.0 Å². The van der Waals surface area contributed by atoms with Gasteiger partial charge in [0.2, 0.25) is 0 Å². The molecule has 0 atom stereocenters. The van der Waals surface area contributed by atoms with E-state index in [9.17, 15) is 9.18 Å². The number of anilines is 4. The Morgan fingerprint density at radius 2 is 1.94 bits per heavy atom. The lowest BCUT2D eigenvalue weighted by Crippen LogP contribution is -2.18. The Labute approximate surface area is 196 Å². The molecule has 0 aliphatic carbocycles. The van der Waals surface area contributed by atoms with Crippen LogP contribution in [0.3, 0.4) is 0 Å². The molecule has 1 aliphatic heterocycles. The maximum absolute atomic E-state index is 14.6. The Bertz CT molecular complexity index is 1370. The van der Waals surface area contributed by atoms with Crippen molar-refractivity contribution in [2.45, 2.75) is 19.3 Å². The normalized spacial score (nSPS) is 13.6. The predicted octanol–water partition coefficient (Wildman–Crippen LogP) is 5.38. The average Bonchev–Trinajstić information content (AvgIpc) is 3.15. The fraction of sp³-hybridized carbons (Fsp3) is 0.154. The summed E-state index contributed by atoms with van der Waals surface area (Å²) in [5, 5.41) is 9.29. The standard InChI is InChI=1S/C26H23FN6O/c1-26(2)14-30-22-13-17(6-7-19(22)26)32-25(34)16-5-8-20(27)23(12-16)33-24-18(4-3-10-29-24)21-9-11-28-15-31-21/h3-13,15,30H,14H2,1-2H3,(H,29,33)(H,32,34). The highest BCUT2D eigenvalue weighted by molar-refractivity contribution is 6.05. The monoisotopic (exact) mass is 454 g/mol. The summed E-state index contributed by atoms with van der Waals surface area (Å²) < 4.78 is 14.6. The second kappa shape index (κ2) is 8.55. The number of hydrogen-bond donors (Lipinski definition) is 3. The summed E-state index contributed by atoms with van der Waals surface area (Å²) in [6, 6.07) is 15.4. The van der Waals surface area contributed by atoms with E-state index in [-0.39, 0.29) is 17.0 Å². The van der Waals surface area contributed by atoms with E-state index in [1.165, 1.54) is 30.1 Å². The molecule has 8 heteroatoms. The van der Waals surface area contributed by atoms with Gasteiger partial charge in [0.15, 0.2) is 0 Å². The zero-order chi connectivity index (χ0) is 23.7. The maximum atomic E-state index is 14.6. The number of carbonyl (C=O) groups is 1. The minimum Gasteiger partial charge on any atom is -0.384 e. The molecule has 0 bridgehead atoms. The van der Waals surface area contributed by atoms with Gasteiger partial charge in [-0.2, -0.15) is 0 Å². The van der Waals surface area contributed by atoms with Crippen LogP contribution in [-0.2, 0) is 5.41 Å². The number of rotatable bonds is 5. The molecule has 0 saturated carbocycles. The average molecular weight is 455 g/mol. The molecule has 5 rings (SSSR count). The molecule has 0 fully saturated rings. The van der Waals surface area contributed by atoms with Crippen LogP contribution in [0.1, 0.15) is 29.8 Å². The Morgan fingerprint density at radius 3 is 2.76 bits per heavy atom. The second-order valence-corrected chi connectivity index (χ2v) is 8.77. The van der Waals surface area contributed by atoms with Gasteiger partial charge in [-0.05, 0) is 54.1 Å².